The first-order valence-electron chi connectivity index (χ1n) is 3.61. The molecule has 1 aliphatic rings. The van der Waals surface area contributed by atoms with Crippen LogP contribution in [0.4, 0.5) is 0 Å². The van der Waals surface area contributed by atoms with Gasteiger partial charge in [-0.1, -0.05) is 23.7 Å². The lowest BCUT2D eigenvalue weighted by molar-refractivity contribution is 0.404. The fraction of sp³-hybridized carbons (Fsp3) is 0.222. The van der Waals surface area contributed by atoms with E-state index >= 15 is 0 Å². The van der Waals surface area contributed by atoms with Gasteiger partial charge in [-0.15, -0.1) is 0 Å². The molecule has 0 amide bonds. The van der Waals surface area contributed by atoms with Gasteiger partial charge in [-0.3, -0.25) is 0 Å². The van der Waals surface area contributed by atoms with Crippen molar-refractivity contribution in [2.75, 3.05) is 0 Å². The molecule has 1 aromatic rings. The second-order valence-corrected chi connectivity index (χ2v) is 3.08. The summed E-state index contributed by atoms with van der Waals surface area (Å²) in [5.74, 6) is 0. The minimum Gasteiger partial charge on any atom is -0.347 e. The predicted molar refractivity (Wildman–Crippen MR) is 44.6 cm³/mol. The first kappa shape index (κ1) is 7.60. The van der Waals surface area contributed by atoms with E-state index in [1.54, 1.807) is 12.1 Å². The van der Waals surface area contributed by atoms with Crippen molar-refractivity contribution < 1.29 is 4.74 Å². The van der Waals surface area contributed by atoms with Gasteiger partial charge < -0.3 is 4.74 Å². The van der Waals surface area contributed by atoms with Crippen LogP contribution < -0.4 is 0 Å². The fourth-order valence-corrected chi connectivity index (χ4v) is 1.37. The molecule has 12 heavy (non-hydrogen) atoms. The highest BCUT2D eigenvalue weighted by molar-refractivity contribution is 6.21. The van der Waals surface area contributed by atoms with Crippen molar-refractivity contribution in [2.45, 2.75) is 11.7 Å². The third-order valence-corrected chi connectivity index (χ3v) is 2.11. The van der Waals surface area contributed by atoms with Gasteiger partial charge in [0.1, 0.15) is 6.10 Å². The second kappa shape index (κ2) is 2.78. The Morgan fingerprint density at radius 3 is 2.83 bits per heavy atom. The summed E-state index contributed by atoms with van der Waals surface area (Å²) in [4.78, 5) is 0. The molecule has 2 rings (SSSR count). The van der Waals surface area contributed by atoms with E-state index in [2.05, 4.69) is 6.07 Å². The number of epoxide rings is 1. The highest BCUT2D eigenvalue weighted by Crippen LogP contribution is 2.41. The van der Waals surface area contributed by atoms with Gasteiger partial charge in [0.15, 0.2) is 5.56 Å². The van der Waals surface area contributed by atoms with Crippen LogP contribution in [-0.2, 0) is 4.74 Å². The largest absolute Gasteiger partial charge is 0.347 e. The van der Waals surface area contributed by atoms with Gasteiger partial charge in [0.25, 0.3) is 0 Å². The molecule has 1 aromatic carbocycles. The number of hydrogen-bond acceptors (Lipinski definition) is 2. The number of rotatable bonds is 1. The van der Waals surface area contributed by atoms with Gasteiger partial charge in [0.05, 0.1) is 11.6 Å². The molecule has 0 aromatic heterocycles. The molecule has 3 heteroatoms. The summed E-state index contributed by atoms with van der Waals surface area (Å²) in [5, 5.41) is 8.61. The lowest BCUT2D eigenvalue weighted by Gasteiger charge is -1.94. The van der Waals surface area contributed by atoms with E-state index in [9.17, 15) is 0 Å². The molecule has 0 spiro atoms. The molecule has 0 saturated carbocycles. The Bertz CT molecular complexity index is 345. The van der Waals surface area contributed by atoms with E-state index in [1.165, 1.54) is 0 Å². The van der Waals surface area contributed by atoms with E-state index in [0.717, 1.165) is 5.56 Å². The zero-order valence-electron chi connectivity index (χ0n) is 6.20. The highest BCUT2D eigenvalue weighted by atomic mass is 35.5. The van der Waals surface area contributed by atoms with Gasteiger partial charge >= 0.3 is 0 Å². The summed E-state index contributed by atoms with van der Waals surface area (Å²) in [6.45, 7) is 0. The zero-order chi connectivity index (χ0) is 8.55. The normalized spacial score (nSPS) is 26.3. The number of halogens is 1. The van der Waals surface area contributed by atoms with Crippen LogP contribution in [-0.4, -0.2) is 5.56 Å². The van der Waals surface area contributed by atoms with Crippen molar-refractivity contribution in [1.29, 1.82) is 5.26 Å². The Morgan fingerprint density at radius 2 is 2.25 bits per heavy atom. The van der Waals surface area contributed by atoms with Gasteiger partial charge in [0.2, 0.25) is 0 Å². The summed E-state index contributed by atoms with van der Waals surface area (Å²) in [6.07, 6.45) is -0.0139. The van der Waals surface area contributed by atoms with Gasteiger partial charge in [-0.2, -0.15) is 5.26 Å². The topological polar surface area (TPSA) is 36.3 Å². The SMILES string of the molecule is N#Cc1cccc(C2OC2Cl)c1. The quantitative estimate of drug-likeness (QED) is 0.490. The Balaban J connectivity index is 2.29. The Hall–Kier alpha value is -1.04. The third-order valence-electron chi connectivity index (χ3n) is 1.78. The zero-order valence-corrected chi connectivity index (χ0v) is 6.95. The van der Waals surface area contributed by atoms with Gasteiger partial charge in [-0.05, 0) is 17.7 Å². The van der Waals surface area contributed by atoms with E-state index in [0.29, 0.717) is 5.56 Å². The number of alkyl halides is 1. The molecule has 1 fully saturated rings. The predicted octanol–water partition coefficient (Wildman–Crippen LogP) is 2.19. The molecule has 1 aliphatic heterocycles. The molecule has 2 atom stereocenters. The molecule has 1 saturated heterocycles. The van der Waals surface area contributed by atoms with E-state index in [1.807, 2.05) is 12.1 Å². The van der Waals surface area contributed by atoms with Crippen LogP contribution in [0.5, 0.6) is 0 Å². The van der Waals surface area contributed by atoms with Crippen molar-refractivity contribution in [1.82, 2.24) is 0 Å². The van der Waals surface area contributed by atoms with Crippen LogP contribution in [0.15, 0.2) is 24.3 Å². The Morgan fingerprint density at radius 1 is 1.50 bits per heavy atom. The van der Waals surface area contributed by atoms with Crippen LogP contribution in [0, 0.1) is 11.3 Å². The number of ether oxygens (including phenoxy) is 1. The second-order valence-electron chi connectivity index (χ2n) is 2.65. The number of hydrogen-bond donors (Lipinski definition) is 0. The van der Waals surface area contributed by atoms with Crippen LogP contribution in [0.1, 0.15) is 17.2 Å². The minimum absolute atomic E-state index is 0.0139. The van der Waals surface area contributed by atoms with Crippen LogP contribution >= 0.6 is 11.6 Å². The summed E-state index contributed by atoms with van der Waals surface area (Å²) >= 11 is 5.68. The number of nitrogens with zero attached hydrogens (tertiary/aromatic N) is 1. The summed E-state index contributed by atoms with van der Waals surface area (Å²) in [5.41, 5.74) is 1.42. The van der Waals surface area contributed by atoms with E-state index in [4.69, 9.17) is 21.6 Å². The maximum atomic E-state index is 8.61. The maximum Gasteiger partial charge on any atom is 0.162 e. The average molecular weight is 180 g/mol. The molecule has 2 unspecified atom stereocenters. The Labute approximate surface area is 75.3 Å². The first-order chi connectivity index (χ1) is 5.81. The van der Waals surface area contributed by atoms with E-state index in [-0.39, 0.29) is 11.7 Å². The van der Waals surface area contributed by atoms with Gasteiger partial charge in [0, 0.05) is 0 Å². The maximum absolute atomic E-state index is 8.61. The van der Waals surface area contributed by atoms with E-state index < -0.39 is 0 Å². The van der Waals surface area contributed by atoms with Crippen molar-refractivity contribution in [3.05, 3.63) is 35.4 Å². The highest BCUT2D eigenvalue weighted by Gasteiger charge is 2.38. The lowest BCUT2D eigenvalue weighted by atomic mass is 10.1. The summed E-state index contributed by atoms with van der Waals surface area (Å²) < 4.78 is 5.06. The Kier molecular flexibility index (Phi) is 1.76. The fourth-order valence-electron chi connectivity index (χ4n) is 1.11. The van der Waals surface area contributed by atoms with Crippen molar-refractivity contribution in [2.24, 2.45) is 0 Å². The summed E-state index contributed by atoms with van der Waals surface area (Å²) in [7, 11) is 0. The minimum atomic E-state index is -0.209. The lowest BCUT2D eigenvalue weighted by Crippen LogP contribution is -1.83. The average Bonchev–Trinajstić information content (AvgIpc) is 2.83. The van der Waals surface area contributed by atoms with Crippen molar-refractivity contribution >= 4 is 11.6 Å². The molecular weight excluding hydrogens is 174 g/mol. The van der Waals surface area contributed by atoms with Gasteiger partial charge in [-0.25, -0.2) is 0 Å². The molecule has 60 valence electrons. The van der Waals surface area contributed by atoms with Crippen LogP contribution in [0.25, 0.3) is 0 Å². The van der Waals surface area contributed by atoms with Crippen molar-refractivity contribution in [3.63, 3.8) is 0 Å². The standard InChI is InChI=1S/C9H6ClNO/c10-9-8(12-9)7-3-1-2-6(4-7)5-11/h1-4,8-9H. The molecule has 0 aliphatic carbocycles. The molecule has 0 N–H and O–H groups in total. The molecule has 0 bridgehead atoms. The number of nitriles is 1. The van der Waals surface area contributed by atoms with Crippen molar-refractivity contribution in [3.8, 4) is 6.07 Å². The number of benzene rings is 1. The molecule has 0 radical (unpaired) electrons. The summed E-state index contributed by atoms with van der Waals surface area (Å²) in [6, 6.07) is 9.37. The molecule has 2 nitrogen and oxygen atoms in total. The molecule has 1 heterocycles. The smallest absolute Gasteiger partial charge is 0.162 e. The first-order valence-corrected chi connectivity index (χ1v) is 4.04. The monoisotopic (exact) mass is 179 g/mol. The van der Waals surface area contributed by atoms with Crippen LogP contribution in [0.3, 0.4) is 0 Å². The third kappa shape index (κ3) is 1.29. The molecular formula is C9H6ClNO. The van der Waals surface area contributed by atoms with Crippen LogP contribution in [0.2, 0.25) is 0 Å².